The number of carboxylic acid groups (broad SMARTS) is 1. The summed E-state index contributed by atoms with van der Waals surface area (Å²) < 4.78 is 44.2. The van der Waals surface area contributed by atoms with Crippen molar-refractivity contribution in [2.24, 2.45) is 5.92 Å². The van der Waals surface area contributed by atoms with E-state index in [1.54, 1.807) is 11.8 Å². The Labute approximate surface area is 173 Å². The van der Waals surface area contributed by atoms with Gasteiger partial charge in [-0.05, 0) is 18.2 Å². The van der Waals surface area contributed by atoms with Gasteiger partial charge in [0.05, 0.1) is 28.7 Å². The molecular formula is C21H18F3N3O4. The molecule has 2 atom stereocenters. The number of fused-ring (bicyclic) bond motifs is 1. The molecule has 0 aliphatic carbocycles. The molecule has 4 rings (SSSR count). The summed E-state index contributed by atoms with van der Waals surface area (Å²) in [6.07, 6.45) is 0.215. The van der Waals surface area contributed by atoms with Crippen LogP contribution in [0.1, 0.15) is 17.3 Å². The first-order valence-corrected chi connectivity index (χ1v) is 9.38. The minimum atomic E-state index is -1.59. The summed E-state index contributed by atoms with van der Waals surface area (Å²) in [7, 11) is 0. The molecule has 1 aliphatic heterocycles. The maximum Gasteiger partial charge on any atom is 0.341 e. The van der Waals surface area contributed by atoms with Gasteiger partial charge >= 0.3 is 5.97 Å². The van der Waals surface area contributed by atoms with E-state index >= 15 is 0 Å². The molecule has 7 nitrogen and oxygen atoms in total. The zero-order valence-corrected chi connectivity index (χ0v) is 16.3. The topological polar surface area (TPSA) is 109 Å². The van der Waals surface area contributed by atoms with E-state index in [9.17, 15) is 33.0 Å². The van der Waals surface area contributed by atoms with Gasteiger partial charge in [0.15, 0.2) is 0 Å². The Bertz CT molecular complexity index is 1280. The average molecular weight is 433 g/mol. The second-order valence-corrected chi connectivity index (χ2v) is 7.64. The zero-order chi connectivity index (χ0) is 22.6. The highest BCUT2D eigenvalue weighted by Crippen LogP contribution is 2.31. The van der Waals surface area contributed by atoms with Gasteiger partial charge in [-0.2, -0.15) is 0 Å². The molecule has 0 radical (unpaired) electrons. The summed E-state index contributed by atoms with van der Waals surface area (Å²) >= 11 is 0. The second-order valence-electron chi connectivity index (χ2n) is 7.64. The SMILES string of the molecule is CC1CN(c2cc3c(cc2F)c(=O)c(C(=O)O)cn3-c2cc(N)c(F)cc2F)CC1O. The maximum atomic E-state index is 14.9. The molecule has 0 spiro atoms. The Hall–Kier alpha value is -3.53. The third kappa shape index (κ3) is 3.38. The number of carbonyl (C=O) groups is 1. The number of aliphatic hydroxyl groups excluding tert-OH is 1. The van der Waals surface area contributed by atoms with Crippen molar-refractivity contribution in [3.63, 3.8) is 0 Å². The fourth-order valence-electron chi connectivity index (χ4n) is 3.81. The molecule has 2 unspecified atom stereocenters. The number of aromatic carboxylic acids is 1. The van der Waals surface area contributed by atoms with Crippen molar-refractivity contribution >= 4 is 28.2 Å². The van der Waals surface area contributed by atoms with E-state index in [0.717, 1.165) is 22.9 Å². The number of β-amino-alcohol motifs (C(OH)–C–C–N with tert-alkyl or cyclic N) is 1. The Kier molecular flexibility index (Phi) is 4.89. The lowest BCUT2D eigenvalue weighted by molar-refractivity contribution is 0.0695. The number of carboxylic acids is 1. The van der Waals surface area contributed by atoms with Crippen LogP contribution in [0.2, 0.25) is 0 Å². The second kappa shape index (κ2) is 7.31. The van der Waals surface area contributed by atoms with E-state index < -0.39 is 40.5 Å². The molecular weight excluding hydrogens is 415 g/mol. The Morgan fingerprint density at radius 3 is 2.35 bits per heavy atom. The highest BCUT2D eigenvalue weighted by atomic mass is 19.1. The van der Waals surface area contributed by atoms with Gasteiger partial charge in [0.1, 0.15) is 23.0 Å². The first kappa shape index (κ1) is 20.7. The number of hydrogen-bond acceptors (Lipinski definition) is 5. The van der Waals surface area contributed by atoms with Gasteiger partial charge in [-0.25, -0.2) is 18.0 Å². The van der Waals surface area contributed by atoms with Crippen LogP contribution in [0.3, 0.4) is 0 Å². The van der Waals surface area contributed by atoms with Crippen molar-refractivity contribution in [3.05, 3.63) is 63.7 Å². The van der Waals surface area contributed by atoms with Gasteiger partial charge in [-0.15, -0.1) is 0 Å². The third-order valence-corrected chi connectivity index (χ3v) is 5.54. The van der Waals surface area contributed by atoms with Crippen molar-refractivity contribution in [1.82, 2.24) is 4.57 Å². The number of nitrogen functional groups attached to an aromatic ring is 1. The minimum absolute atomic E-state index is 0.00495. The molecule has 3 aromatic rings. The molecule has 10 heteroatoms. The van der Waals surface area contributed by atoms with Crippen LogP contribution in [0.15, 0.2) is 35.3 Å². The molecule has 162 valence electrons. The van der Waals surface area contributed by atoms with E-state index in [1.165, 1.54) is 6.07 Å². The first-order chi connectivity index (χ1) is 14.6. The zero-order valence-electron chi connectivity index (χ0n) is 16.3. The smallest absolute Gasteiger partial charge is 0.341 e. The van der Waals surface area contributed by atoms with Crippen molar-refractivity contribution in [2.75, 3.05) is 23.7 Å². The Balaban J connectivity index is 2.05. The predicted octanol–water partition coefficient (Wildman–Crippen LogP) is 2.51. The summed E-state index contributed by atoms with van der Waals surface area (Å²) in [5.41, 5.74) is 3.26. The van der Waals surface area contributed by atoms with Crippen LogP contribution >= 0.6 is 0 Å². The van der Waals surface area contributed by atoms with Gasteiger partial charge in [-0.3, -0.25) is 4.79 Å². The van der Waals surface area contributed by atoms with E-state index in [-0.39, 0.29) is 40.4 Å². The fraction of sp³-hybridized carbons (Fsp3) is 0.238. The number of aromatic nitrogens is 1. The number of anilines is 2. The summed E-state index contributed by atoms with van der Waals surface area (Å²) in [6, 6.07) is 3.67. The average Bonchev–Trinajstić information content (AvgIpc) is 3.03. The van der Waals surface area contributed by atoms with Gasteiger partial charge in [0.25, 0.3) is 0 Å². The van der Waals surface area contributed by atoms with E-state index in [1.807, 2.05) is 0 Å². The number of benzene rings is 2. The van der Waals surface area contributed by atoms with Crippen molar-refractivity contribution in [2.45, 2.75) is 13.0 Å². The minimum Gasteiger partial charge on any atom is -0.477 e. The molecule has 2 aromatic carbocycles. The Morgan fingerprint density at radius 1 is 1.06 bits per heavy atom. The number of nitrogens with two attached hydrogens (primary N) is 1. The number of hydrogen-bond donors (Lipinski definition) is 3. The molecule has 2 heterocycles. The molecule has 1 aliphatic rings. The number of rotatable bonds is 3. The largest absolute Gasteiger partial charge is 0.477 e. The third-order valence-electron chi connectivity index (χ3n) is 5.54. The van der Waals surface area contributed by atoms with Crippen LogP contribution in [-0.2, 0) is 0 Å². The van der Waals surface area contributed by atoms with Gasteiger partial charge in [0.2, 0.25) is 5.43 Å². The summed E-state index contributed by atoms with van der Waals surface area (Å²) in [5.74, 6) is -4.56. The first-order valence-electron chi connectivity index (χ1n) is 9.38. The van der Waals surface area contributed by atoms with Crippen LogP contribution < -0.4 is 16.1 Å². The Morgan fingerprint density at radius 2 is 1.74 bits per heavy atom. The predicted molar refractivity (Wildman–Crippen MR) is 108 cm³/mol. The lowest BCUT2D eigenvalue weighted by Crippen LogP contribution is -2.24. The van der Waals surface area contributed by atoms with E-state index in [0.29, 0.717) is 12.6 Å². The molecule has 4 N–H and O–H groups in total. The van der Waals surface area contributed by atoms with Crippen LogP contribution in [0, 0.1) is 23.4 Å². The standard InChI is InChI=1S/C21H18F3N3O4/c1-9-6-26(8-19(9)28)17-5-16-10(2-13(17)23)20(29)11(21(30)31)7-27(16)18-4-15(25)12(22)3-14(18)24/h2-5,7,9,19,28H,6,8,25H2,1H3,(H,30,31). The quantitative estimate of drug-likeness (QED) is 0.548. The molecule has 0 bridgehead atoms. The highest BCUT2D eigenvalue weighted by Gasteiger charge is 2.30. The van der Waals surface area contributed by atoms with E-state index in [4.69, 9.17) is 5.73 Å². The van der Waals surface area contributed by atoms with Crippen molar-refractivity contribution in [1.29, 1.82) is 0 Å². The number of pyridine rings is 1. The number of aliphatic hydroxyl groups is 1. The highest BCUT2D eigenvalue weighted by molar-refractivity contribution is 5.94. The number of halogens is 3. The molecule has 1 saturated heterocycles. The summed E-state index contributed by atoms with van der Waals surface area (Å²) in [4.78, 5) is 25.8. The maximum absolute atomic E-state index is 14.9. The van der Waals surface area contributed by atoms with Crippen LogP contribution in [-0.4, -0.2) is 39.9 Å². The molecule has 0 saturated carbocycles. The van der Waals surface area contributed by atoms with Gasteiger partial charge in [-0.1, -0.05) is 6.92 Å². The van der Waals surface area contributed by atoms with Crippen LogP contribution in [0.5, 0.6) is 0 Å². The molecule has 1 aromatic heterocycles. The van der Waals surface area contributed by atoms with Crippen LogP contribution in [0.4, 0.5) is 24.5 Å². The van der Waals surface area contributed by atoms with E-state index in [2.05, 4.69) is 0 Å². The molecule has 31 heavy (non-hydrogen) atoms. The molecule has 1 fully saturated rings. The van der Waals surface area contributed by atoms with Crippen molar-refractivity contribution < 1.29 is 28.2 Å². The summed E-state index contributed by atoms with van der Waals surface area (Å²) in [6.45, 7) is 2.30. The normalized spacial score (nSPS) is 18.7. The van der Waals surface area contributed by atoms with Crippen LogP contribution in [0.25, 0.3) is 16.6 Å². The van der Waals surface area contributed by atoms with Gasteiger partial charge < -0.3 is 25.4 Å². The summed E-state index contributed by atoms with van der Waals surface area (Å²) in [5, 5.41) is 19.1. The lowest BCUT2D eigenvalue weighted by Gasteiger charge is -2.21. The van der Waals surface area contributed by atoms with Crippen molar-refractivity contribution in [3.8, 4) is 5.69 Å². The molecule has 0 amide bonds. The monoisotopic (exact) mass is 433 g/mol. The van der Waals surface area contributed by atoms with Gasteiger partial charge in [0, 0.05) is 36.7 Å². The number of nitrogens with zero attached hydrogens (tertiary/aromatic N) is 2. The fourth-order valence-corrected chi connectivity index (χ4v) is 3.81. The lowest BCUT2D eigenvalue weighted by atomic mass is 10.1.